The van der Waals surface area contributed by atoms with Crippen molar-refractivity contribution >= 4 is 27.6 Å². The summed E-state index contributed by atoms with van der Waals surface area (Å²) in [5.74, 6) is -1.54. The highest BCUT2D eigenvalue weighted by atomic mass is 32.2. The fourth-order valence-electron chi connectivity index (χ4n) is 3.24. The van der Waals surface area contributed by atoms with Crippen molar-refractivity contribution in [3.63, 3.8) is 0 Å². The first-order valence-electron chi connectivity index (χ1n) is 9.37. The van der Waals surface area contributed by atoms with E-state index in [1.54, 1.807) is 0 Å². The molecular weight excluding hydrogens is 418 g/mol. The summed E-state index contributed by atoms with van der Waals surface area (Å²) < 4.78 is 36.2. The fraction of sp³-hybridized carbons (Fsp3) is 0.556. The third-order valence-corrected chi connectivity index (χ3v) is 6.60. The lowest BCUT2D eigenvalue weighted by Gasteiger charge is -2.25. The summed E-state index contributed by atoms with van der Waals surface area (Å²) in [6, 6.07) is 3.04. The summed E-state index contributed by atoms with van der Waals surface area (Å²) in [6.45, 7) is -1.33. The number of sulfonamides is 1. The highest BCUT2D eigenvalue weighted by molar-refractivity contribution is 7.89. The van der Waals surface area contributed by atoms with Gasteiger partial charge in [-0.3, -0.25) is 19.7 Å². The lowest BCUT2D eigenvalue weighted by atomic mass is 9.95. The standard InChI is InChI=1S/C18H25N3O8S/c1-28-16-9-8-14(10-15(16)21(24)25)30(26,27)20(12-18(23)29-2)11-17(22)19-13-6-4-3-5-7-13/h8-10,13H,3-7,11-12H2,1-2H3,(H,19,22). The molecule has 0 aromatic heterocycles. The summed E-state index contributed by atoms with van der Waals surface area (Å²) >= 11 is 0. The molecule has 2 rings (SSSR count). The van der Waals surface area contributed by atoms with Gasteiger partial charge in [0.15, 0.2) is 5.75 Å². The SMILES string of the molecule is COC(=O)CN(CC(=O)NC1CCCCC1)S(=O)(=O)c1ccc(OC)c([N+](=O)[O-])c1. The van der Waals surface area contributed by atoms with Crippen LogP contribution in [0, 0.1) is 10.1 Å². The Morgan fingerprint density at radius 1 is 1.20 bits per heavy atom. The number of nitro benzene ring substituents is 1. The van der Waals surface area contributed by atoms with Gasteiger partial charge < -0.3 is 14.8 Å². The molecule has 0 saturated heterocycles. The molecule has 0 bridgehead atoms. The van der Waals surface area contributed by atoms with Crippen LogP contribution in [0.15, 0.2) is 23.1 Å². The highest BCUT2D eigenvalue weighted by Gasteiger charge is 2.32. The molecule has 12 heteroatoms. The van der Waals surface area contributed by atoms with Gasteiger partial charge in [0.1, 0.15) is 6.54 Å². The first kappa shape index (κ1) is 23.5. The third kappa shape index (κ3) is 5.89. The van der Waals surface area contributed by atoms with Crippen LogP contribution in [0.25, 0.3) is 0 Å². The van der Waals surface area contributed by atoms with Crippen molar-refractivity contribution in [3.05, 3.63) is 28.3 Å². The molecule has 1 aromatic carbocycles. The fourth-order valence-corrected chi connectivity index (χ4v) is 4.60. The predicted molar refractivity (Wildman–Crippen MR) is 105 cm³/mol. The molecule has 1 aliphatic rings. The number of carbonyl (C=O) groups excluding carboxylic acids is 2. The molecule has 11 nitrogen and oxygen atoms in total. The van der Waals surface area contributed by atoms with E-state index in [9.17, 15) is 28.1 Å². The first-order chi connectivity index (χ1) is 14.2. The van der Waals surface area contributed by atoms with Crippen LogP contribution in [0.2, 0.25) is 0 Å². The van der Waals surface area contributed by atoms with Crippen molar-refractivity contribution in [3.8, 4) is 5.75 Å². The van der Waals surface area contributed by atoms with Gasteiger partial charge in [0, 0.05) is 12.1 Å². The normalized spacial score (nSPS) is 14.9. The second kappa shape index (κ2) is 10.3. The Hall–Kier alpha value is -2.73. The van der Waals surface area contributed by atoms with Crippen molar-refractivity contribution in [2.45, 2.75) is 43.0 Å². The van der Waals surface area contributed by atoms with E-state index < -0.39 is 50.5 Å². The van der Waals surface area contributed by atoms with E-state index in [4.69, 9.17) is 4.74 Å². The Bertz CT molecular complexity index is 897. The van der Waals surface area contributed by atoms with E-state index >= 15 is 0 Å². The van der Waals surface area contributed by atoms with E-state index in [2.05, 4.69) is 10.1 Å². The maximum Gasteiger partial charge on any atom is 0.321 e. The Kier molecular flexibility index (Phi) is 8.12. The molecule has 1 fully saturated rings. The maximum atomic E-state index is 13.1. The molecule has 1 aromatic rings. The lowest BCUT2D eigenvalue weighted by molar-refractivity contribution is -0.386. The molecule has 0 radical (unpaired) electrons. The number of hydrogen-bond donors (Lipinski definition) is 1. The zero-order valence-electron chi connectivity index (χ0n) is 16.8. The van der Waals surface area contributed by atoms with Crippen LogP contribution in [0.1, 0.15) is 32.1 Å². The molecule has 1 aliphatic carbocycles. The Morgan fingerprint density at radius 3 is 2.43 bits per heavy atom. The van der Waals surface area contributed by atoms with Crippen LogP contribution in [-0.4, -0.2) is 62.9 Å². The van der Waals surface area contributed by atoms with Crippen molar-refractivity contribution in [2.24, 2.45) is 0 Å². The quantitative estimate of drug-likeness (QED) is 0.341. The van der Waals surface area contributed by atoms with Crippen LogP contribution in [0.4, 0.5) is 5.69 Å². The summed E-state index contributed by atoms with van der Waals surface area (Å²) in [5.41, 5.74) is -0.553. The summed E-state index contributed by atoms with van der Waals surface area (Å²) in [6.07, 6.45) is 4.65. The molecule has 1 saturated carbocycles. The molecule has 0 spiro atoms. The van der Waals surface area contributed by atoms with Crippen LogP contribution < -0.4 is 10.1 Å². The van der Waals surface area contributed by atoms with Crippen LogP contribution in [0.3, 0.4) is 0 Å². The highest BCUT2D eigenvalue weighted by Crippen LogP contribution is 2.30. The molecule has 0 heterocycles. The number of nitrogens with zero attached hydrogens (tertiary/aromatic N) is 2. The van der Waals surface area contributed by atoms with Gasteiger partial charge in [-0.2, -0.15) is 4.31 Å². The monoisotopic (exact) mass is 443 g/mol. The average molecular weight is 443 g/mol. The predicted octanol–water partition coefficient (Wildman–Crippen LogP) is 1.22. The number of esters is 1. The van der Waals surface area contributed by atoms with E-state index in [1.165, 1.54) is 7.11 Å². The number of nitro groups is 1. The molecule has 1 N–H and O–H groups in total. The minimum Gasteiger partial charge on any atom is -0.490 e. The zero-order chi connectivity index (χ0) is 22.3. The van der Waals surface area contributed by atoms with Crippen LogP contribution in [-0.2, 0) is 24.3 Å². The van der Waals surface area contributed by atoms with Gasteiger partial charge in [-0.15, -0.1) is 0 Å². The van der Waals surface area contributed by atoms with Gasteiger partial charge in [-0.1, -0.05) is 19.3 Å². The first-order valence-corrected chi connectivity index (χ1v) is 10.8. The molecule has 0 atom stereocenters. The van der Waals surface area contributed by atoms with Gasteiger partial charge in [-0.05, 0) is 25.0 Å². The molecule has 0 aliphatic heterocycles. The van der Waals surface area contributed by atoms with Crippen molar-refractivity contribution < 1.29 is 32.4 Å². The van der Waals surface area contributed by atoms with E-state index in [1.807, 2.05) is 0 Å². The Labute approximate surface area is 174 Å². The average Bonchev–Trinajstić information content (AvgIpc) is 2.73. The largest absolute Gasteiger partial charge is 0.490 e. The second-order valence-electron chi connectivity index (χ2n) is 6.84. The number of carbonyl (C=O) groups is 2. The molecule has 166 valence electrons. The molecule has 1 amide bonds. The topological polar surface area (TPSA) is 145 Å². The Morgan fingerprint density at radius 2 is 1.87 bits per heavy atom. The van der Waals surface area contributed by atoms with Gasteiger partial charge >= 0.3 is 11.7 Å². The van der Waals surface area contributed by atoms with E-state index in [-0.39, 0.29) is 11.8 Å². The number of hydrogen-bond acceptors (Lipinski definition) is 8. The summed E-state index contributed by atoms with van der Waals surface area (Å²) in [7, 11) is -2.10. The number of rotatable bonds is 9. The van der Waals surface area contributed by atoms with Crippen molar-refractivity contribution in [1.82, 2.24) is 9.62 Å². The Balaban J connectivity index is 2.29. The minimum atomic E-state index is -4.41. The number of methoxy groups -OCH3 is 2. The molecular formula is C18H25N3O8S. The number of ether oxygens (including phenoxy) is 2. The zero-order valence-corrected chi connectivity index (χ0v) is 17.6. The van der Waals surface area contributed by atoms with Crippen molar-refractivity contribution in [1.29, 1.82) is 0 Å². The molecule has 30 heavy (non-hydrogen) atoms. The van der Waals surface area contributed by atoms with E-state index in [0.29, 0.717) is 4.31 Å². The maximum absolute atomic E-state index is 13.1. The number of benzene rings is 1. The van der Waals surface area contributed by atoms with Gasteiger partial charge in [0.2, 0.25) is 15.9 Å². The van der Waals surface area contributed by atoms with Crippen LogP contribution >= 0.6 is 0 Å². The van der Waals surface area contributed by atoms with Gasteiger partial charge in [0.25, 0.3) is 0 Å². The third-order valence-electron chi connectivity index (χ3n) is 4.81. The second-order valence-corrected chi connectivity index (χ2v) is 8.78. The number of amides is 1. The smallest absolute Gasteiger partial charge is 0.321 e. The molecule has 0 unspecified atom stereocenters. The van der Waals surface area contributed by atoms with Gasteiger partial charge in [0.05, 0.1) is 30.6 Å². The lowest BCUT2D eigenvalue weighted by Crippen LogP contribution is -2.46. The summed E-state index contributed by atoms with van der Waals surface area (Å²) in [4.78, 5) is 34.2. The number of nitrogens with one attached hydrogen (secondary N) is 1. The van der Waals surface area contributed by atoms with Crippen molar-refractivity contribution in [2.75, 3.05) is 27.3 Å². The van der Waals surface area contributed by atoms with Crippen LogP contribution in [0.5, 0.6) is 5.75 Å². The summed E-state index contributed by atoms with van der Waals surface area (Å²) in [5, 5.41) is 14.0. The minimum absolute atomic E-state index is 0.0454. The van der Waals surface area contributed by atoms with Gasteiger partial charge in [-0.25, -0.2) is 8.42 Å². The van der Waals surface area contributed by atoms with E-state index in [0.717, 1.165) is 57.4 Å².